The molecule has 1 amide bonds. The molecule has 0 saturated carbocycles. The summed E-state index contributed by atoms with van der Waals surface area (Å²) in [7, 11) is 0. The molecule has 2 aromatic carbocycles. The second kappa shape index (κ2) is 9.41. The predicted molar refractivity (Wildman–Crippen MR) is 119 cm³/mol. The fraction of sp³-hybridized carbons (Fsp3) is 0.348. The molecule has 0 spiro atoms. The number of H-pyrrole nitrogens is 1. The van der Waals surface area contributed by atoms with Gasteiger partial charge in [-0.3, -0.25) is 14.5 Å². The van der Waals surface area contributed by atoms with Crippen molar-refractivity contribution in [2.24, 2.45) is 0 Å². The fourth-order valence-corrected chi connectivity index (χ4v) is 4.21. The van der Waals surface area contributed by atoms with Crippen LogP contribution in [0.2, 0.25) is 5.02 Å². The Morgan fingerprint density at radius 1 is 1.17 bits per heavy atom. The monoisotopic (exact) mass is 424 g/mol. The normalized spacial score (nSPS) is 15.4. The third-order valence-corrected chi connectivity index (χ3v) is 5.79. The van der Waals surface area contributed by atoms with Crippen molar-refractivity contribution >= 4 is 28.4 Å². The number of carbonyl (C=O) groups is 1. The van der Waals surface area contributed by atoms with Crippen LogP contribution in [0.1, 0.15) is 36.7 Å². The number of benzene rings is 2. The van der Waals surface area contributed by atoms with Gasteiger partial charge in [0, 0.05) is 24.4 Å². The standard InChI is InChI=1S/C23H25ClN4O2/c24-17-7-5-6-16(14-17)20(28-12-3-4-13-28)15-25-22(29)11-10-21-26-19-9-2-1-8-18(19)23(30)27-21/h1-2,5-9,14,20H,3-4,10-13,15H2,(H,25,29)(H,26,27,30). The first kappa shape index (κ1) is 20.6. The number of para-hydroxylation sites is 1. The van der Waals surface area contributed by atoms with E-state index in [1.54, 1.807) is 12.1 Å². The van der Waals surface area contributed by atoms with Crippen molar-refractivity contribution in [1.82, 2.24) is 20.2 Å². The highest BCUT2D eigenvalue weighted by Gasteiger charge is 2.24. The minimum absolute atomic E-state index is 0.0583. The summed E-state index contributed by atoms with van der Waals surface area (Å²) in [6, 6.07) is 15.2. The molecule has 1 unspecified atom stereocenters. The van der Waals surface area contributed by atoms with Crippen molar-refractivity contribution in [1.29, 1.82) is 0 Å². The number of hydrogen-bond donors (Lipinski definition) is 2. The van der Waals surface area contributed by atoms with Crippen LogP contribution in [0.5, 0.6) is 0 Å². The second-order valence-corrected chi connectivity index (χ2v) is 8.08. The van der Waals surface area contributed by atoms with E-state index in [2.05, 4.69) is 26.3 Å². The number of fused-ring (bicyclic) bond motifs is 1. The van der Waals surface area contributed by atoms with Crippen molar-refractivity contribution in [2.75, 3.05) is 19.6 Å². The van der Waals surface area contributed by atoms with Crippen LogP contribution < -0.4 is 10.9 Å². The second-order valence-electron chi connectivity index (χ2n) is 7.65. The lowest BCUT2D eigenvalue weighted by Gasteiger charge is -2.28. The zero-order chi connectivity index (χ0) is 20.9. The summed E-state index contributed by atoms with van der Waals surface area (Å²) < 4.78 is 0. The van der Waals surface area contributed by atoms with Crippen LogP contribution >= 0.6 is 11.6 Å². The summed E-state index contributed by atoms with van der Waals surface area (Å²) in [5.41, 5.74) is 1.59. The van der Waals surface area contributed by atoms with Gasteiger partial charge in [0.05, 0.1) is 16.9 Å². The third-order valence-electron chi connectivity index (χ3n) is 5.56. The average Bonchev–Trinajstić information content (AvgIpc) is 3.27. The molecule has 2 heterocycles. The quantitative estimate of drug-likeness (QED) is 0.608. The Labute approximate surface area is 180 Å². The molecule has 30 heavy (non-hydrogen) atoms. The van der Waals surface area contributed by atoms with Crippen LogP contribution in [0.15, 0.2) is 53.3 Å². The summed E-state index contributed by atoms with van der Waals surface area (Å²) in [6.45, 7) is 2.57. The van der Waals surface area contributed by atoms with E-state index in [0.717, 1.165) is 18.7 Å². The molecule has 1 saturated heterocycles. The van der Waals surface area contributed by atoms with E-state index < -0.39 is 0 Å². The fourth-order valence-electron chi connectivity index (χ4n) is 4.01. The van der Waals surface area contributed by atoms with Crippen molar-refractivity contribution in [3.63, 3.8) is 0 Å². The predicted octanol–water partition coefficient (Wildman–Crippen LogP) is 3.46. The molecule has 1 fully saturated rings. The highest BCUT2D eigenvalue weighted by atomic mass is 35.5. The van der Waals surface area contributed by atoms with Gasteiger partial charge >= 0.3 is 0 Å². The van der Waals surface area contributed by atoms with Gasteiger partial charge in [-0.1, -0.05) is 35.9 Å². The van der Waals surface area contributed by atoms with Crippen LogP contribution in [0.4, 0.5) is 0 Å². The first-order valence-electron chi connectivity index (χ1n) is 10.3. The van der Waals surface area contributed by atoms with E-state index in [4.69, 9.17) is 11.6 Å². The maximum atomic E-state index is 12.5. The molecule has 1 aliphatic heterocycles. The van der Waals surface area contributed by atoms with Gasteiger partial charge in [-0.2, -0.15) is 0 Å². The van der Waals surface area contributed by atoms with Crippen LogP contribution in [0.3, 0.4) is 0 Å². The smallest absolute Gasteiger partial charge is 0.258 e. The van der Waals surface area contributed by atoms with Crippen LogP contribution in [-0.2, 0) is 11.2 Å². The minimum Gasteiger partial charge on any atom is -0.354 e. The van der Waals surface area contributed by atoms with Gasteiger partial charge in [0.2, 0.25) is 5.91 Å². The Morgan fingerprint density at radius 3 is 2.77 bits per heavy atom. The Hall–Kier alpha value is -2.70. The SMILES string of the molecule is O=C(CCc1nc2ccccc2c(=O)[nH]1)NCC(c1cccc(Cl)c1)N1CCCC1. The topological polar surface area (TPSA) is 78.1 Å². The number of aryl methyl sites for hydroxylation is 1. The number of nitrogens with zero attached hydrogens (tertiary/aromatic N) is 2. The maximum Gasteiger partial charge on any atom is 0.258 e. The van der Waals surface area contributed by atoms with E-state index in [0.29, 0.717) is 34.7 Å². The Balaban J connectivity index is 1.38. The largest absolute Gasteiger partial charge is 0.354 e. The molecule has 1 aromatic heterocycles. The number of carbonyl (C=O) groups excluding carboxylic acids is 1. The summed E-state index contributed by atoms with van der Waals surface area (Å²) >= 11 is 6.19. The number of nitrogens with one attached hydrogen (secondary N) is 2. The van der Waals surface area contributed by atoms with Gasteiger partial charge < -0.3 is 10.3 Å². The van der Waals surface area contributed by atoms with Crippen LogP contribution in [0, 0.1) is 0 Å². The molecule has 6 nitrogen and oxygen atoms in total. The van der Waals surface area contributed by atoms with E-state index in [-0.39, 0.29) is 23.9 Å². The minimum atomic E-state index is -0.175. The van der Waals surface area contributed by atoms with Crippen molar-refractivity contribution in [2.45, 2.75) is 31.7 Å². The van der Waals surface area contributed by atoms with E-state index in [1.165, 1.54) is 12.8 Å². The zero-order valence-electron chi connectivity index (χ0n) is 16.7. The molecule has 0 radical (unpaired) electrons. The first-order valence-corrected chi connectivity index (χ1v) is 10.7. The summed E-state index contributed by atoms with van der Waals surface area (Å²) in [5, 5.41) is 4.32. The van der Waals surface area contributed by atoms with Crippen molar-refractivity contribution in [3.8, 4) is 0 Å². The zero-order valence-corrected chi connectivity index (χ0v) is 17.5. The summed E-state index contributed by atoms with van der Waals surface area (Å²) in [5.74, 6) is 0.469. The van der Waals surface area contributed by atoms with E-state index >= 15 is 0 Å². The number of halogens is 1. The number of aromatic nitrogens is 2. The molecule has 4 rings (SSSR count). The molecule has 3 aromatic rings. The Bertz CT molecular complexity index is 1090. The lowest BCUT2D eigenvalue weighted by molar-refractivity contribution is -0.121. The number of likely N-dealkylation sites (tertiary alicyclic amines) is 1. The lowest BCUT2D eigenvalue weighted by Crippen LogP contribution is -2.37. The van der Waals surface area contributed by atoms with Gasteiger partial charge in [-0.15, -0.1) is 0 Å². The first-order chi connectivity index (χ1) is 14.6. The molecule has 156 valence electrons. The molecule has 1 atom stereocenters. The molecular weight excluding hydrogens is 400 g/mol. The van der Waals surface area contributed by atoms with Crippen molar-refractivity contribution in [3.05, 3.63) is 75.3 Å². The Kier molecular flexibility index (Phi) is 6.45. The molecule has 2 N–H and O–H groups in total. The van der Waals surface area contributed by atoms with Gasteiger partial charge in [0.25, 0.3) is 5.56 Å². The van der Waals surface area contributed by atoms with E-state index in [9.17, 15) is 9.59 Å². The van der Waals surface area contributed by atoms with Crippen LogP contribution in [0.25, 0.3) is 10.9 Å². The van der Waals surface area contributed by atoms with Gasteiger partial charge in [-0.05, 0) is 55.8 Å². The summed E-state index contributed by atoms with van der Waals surface area (Å²) in [4.78, 5) is 34.3. The lowest BCUT2D eigenvalue weighted by atomic mass is 10.1. The number of aromatic amines is 1. The Morgan fingerprint density at radius 2 is 1.97 bits per heavy atom. The number of rotatable bonds is 7. The number of hydrogen-bond acceptors (Lipinski definition) is 4. The van der Waals surface area contributed by atoms with E-state index in [1.807, 2.05) is 30.3 Å². The molecular formula is C23H25ClN4O2. The highest BCUT2D eigenvalue weighted by Crippen LogP contribution is 2.26. The third kappa shape index (κ3) is 4.89. The number of amides is 1. The maximum absolute atomic E-state index is 12.5. The van der Waals surface area contributed by atoms with Crippen LogP contribution in [-0.4, -0.2) is 40.4 Å². The molecule has 1 aliphatic rings. The average molecular weight is 425 g/mol. The van der Waals surface area contributed by atoms with Gasteiger partial charge in [0.15, 0.2) is 0 Å². The van der Waals surface area contributed by atoms with Gasteiger partial charge in [0.1, 0.15) is 5.82 Å². The van der Waals surface area contributed by atoms with Gasteiger partial charge in [-0.25, -0.2) is 4.98 Å². The summed E-state index contributed by atoms with van der Waals surface area (Å²) in [6.07, 6.45) is 3.00. The molecule has 0 bridgehead atoms. The molecule has 7 heteroatoms. The highest BCUT2D eigenvalue weighted by molar-refractivity contribution is 6.30. The van der Waals surface area contributed by atoms with Crippen molar-refractivity contribution < 1.29 is 4.79 Å². The molecule has 0 aliphatic carbocycles.